The molecule has 0 atom stereocenters. The van der Waals surface area contributed by atoms with Crippen molar-refractivity contribution in [3.8, 4) is 11.5 Å². The van der Waals surface area contributed by atoms with Crippen molar-refractivity contribution < 1.29 is 23.4 Å². The smallest absolute Gasteiger partial charge is 0.339 e. The molecule has 92 valence electrons. The first-order valence-corrected chi connectivity index (χ1v) is 5.02. The second kappa shape index (κ2) is 4.83. The van der Waals surface area contributed by atoms with Gasteiger partial charge in [-0.2, -0.15) is 0 Å². The van der Waals surface area contributed by atoms with Gasteiger partial charge in [-0.1, -0.05) is 12.1 Å². The SMILES string of the molecule is O=C(O)c1ccccc1Oc1cc(F)cc(F)c1. The van der Waals surface area contributed by atoms with Gasteiger partial charge in [-0.05, 0) is 12.1 Å². The zero-order valence-corrected chi connectivity index (χ0v) is 9.06. The molecule has 2 aromatic rings. The molecule has 0 bridgehead atoms. The number of carboxylic acid groups (broad SMARTS) is 1. The molecule has 0 aliphatic heterocycles. The summed E-state index contributed by atoms with van der Waals surface area (Å²) in [6.07, 6.45) is 0. The fourth-order valence-electron chi connectivity index (χ4n) is 1.45. The normalized spacial score (nSPS) is 10.1. The molecule has 0 heterocycles. The van der Waals surface area contributed by atoms with E-state index in [0.29, 0.717) is 6.07 Å². The molecule has 0 amide bonds. The topological polar surface area (TPSA) is 46.5 Å². The maximum Gasteiger partial charge on any atom is 0.339 e. The third kappa shape index (κ3) is 2.63. The molecule has 2 aromatic carbocycles. The van der Waals surface area contributed by atoms with Crippen molar-refractivity contribution in [2.24, 2.45) is 0 Å². The van der Waals surface area contributed by atoms with E-state index in [9.17, 15) is 13.6 Å². The molecular formula is C13H8F2O3. The summed E-state index contributed by atoms with van der Waals surface area (Å²) in [5.74, 6) is -2.84. The summed E-state index contributed by atoms with van der Waals surface area (Å²) in [6, 6.07) is 8.50. The van der Waals surface area contributed by atoms with E-state index in [-0.39, 0.29) is 17.1 Å². The van der Waals surface area contributed by atoms with Crippen LogP contribution in [0.4, 0.5) is 8.78 Å². The summed E-state index contributed by atoms with van der Waals surface area (Å²) in [6.45, 7) is 0. The predicted molar refractivity (Wildman–Crippen MR) is 59.8 cm³/mol. The molecule has 0 aliphatic carbocycles. The minimum atomic E-state index is -1.18. The first kappa shape index (κ1) is 12.0. The van der Waals surface area contributed by atoms with Gasteiger partial charge in [0, 0.05) is 18.2 Å². The number of carboxylic acids is 1. The predicted octanol–water partition coefficient (Wildman–Crippen LogP) is 3.46. The number of para-hydroxylation sites is 1. The fourth-order valence-corrected chi connectivity index (χ4v) is 1.45. The second-order valence-electron chi connectivity index (χ2n) is 3.51. The highest BCUT2D eigenvalue weighted by Crippen LogP contribution is 2.26. The van der Waals surface area contributed by atoms with Crippen molar-refractivity contribution >= 4 is 5.97 Å². The highest BCUT2D eigenvalue weighted by Gasteiger charge is 2.11. The summed E-state index contributed by atoms with van der Waals surface area (Å²) in [5.41, 5.74) is -0.0813. The zero-order chi connectivity index (χ0) is 13.1. The maximum atomic E-state index is 13.0. The van der Waals surface area contributed by atoms with E-state index in [1.165, 1.54) is 18.2 Å². The quantitative estimate of drug-likeness (QED) is 0.907. The van der Waals surface area contributed by atoms with Crippen molar-refractivity contribution in [3.63, 3.8) is 0 Å². The molecule has 0 radical (unpaired) electrons. The first-order chi connectivity index (χ1) is 8.56. The van der Waals surface area contributed by atoms with Gasteiger partial charge in [0.25, 0.3) is 0 Å². The Morgan fingerprint density at radius 2 is 1.67 bits per heavy atom. The Morgan fingerprint density at radius 1 is 1.06 bits per heavy atom. The highest BCUT2D eigenvalue weighted by atomic mass is 19.1. The van der Waals surface area contributed by atoms with Crippen LogP contribution in [0.25, 0.3) is 0 Å². The molecule has 0 saturated carbocycles. The number of carbonyl (C=O) groups is 1. The molecule has 1 N–H and O–H groups in total. The van der Waals surface area contributed by atoms with Crippen LogP contribution in [0.15, 0.2) is 42.5 Å². The minimum absolute atomic E-state index is 0.0231. The average Bonchev–Trinajstić information content (AvgIpc) is 2.27. The summed E-state index contributed by atoms with van der Waals surface area (Å²) in [5, 5.41) is 8.92. The molecule has 0 aliphatic rings. The Morgan fingerprint density at radius 3 is 2.28 bits per heavy atom. The lowest BCUT2D eigenvalue weighted by Gasteiger charge is -2.08. The van der Waals surface area contributed by atoms with E-state index in [4.69, 9.17) is 9.84 Å². The molecule has 18 heavy (non-hydrogen) atoms. The zero-order valence-electron chi connectivity index (χ0n) is 9.06. The Hall–Kier alpha value is -2.43. The fraction of sp³-hybridized carbons (Fsp3) is 0. The first-order valence-electron chi connectivity index (χ1n) is 5.02. The molecule has 0 unspecified atom stereocenters. The Labute approximate surface area is 101 Å². The standard InChI is InChI=1S/C13H8F2O3/c14-8-5-9(15)7-10(6-8)18-12-4-2-1-3-11(12)13(16)17/h1-7H,(H,16,17). The number of aromatic carboxylic acids is 1. The number of hydrogen-bond donors (Lipinski definition) is 1. The van der Waals surface area contributed by atoms with Crippen LogP contribution in [0.5, 0.6) is 11.5 Å². The van der Waals surface area contributed by atoms with Crippen LogP contribution in [0, 0.1) is 11.6 Å². The number of benzene rings is 2. The van der Waals surface area contributed by atoms with Gasteiger partial charge in [-0.15, -0.1) is 0 Å². The Bertz CT molecular complexity index is 576. The number of rotatable bonds is 3. The van der Waals surface area contributed by atoms with Gasteiger partial charge >= 0.3 is 5.97 Å². The van der Waals surface area contributed by atoms with Gasteiger partial charge in [0.05, 0.1) is 0 Å². The van der Waals surface area contributed by atoms with Crippen molar-refractivity contribution in [3.05, 3.63) is 59.7 Å². The summed E-state index contributed by atoms with van der Waals surface area (Å²) < 4.78 is 31.1. The molecule has 0 fully saturated rings. The maximum absolute atomic E-state index is 13.0. The van der Waals surface area contributed by atoms with E-state index in [1.807, 2.05) is 0 Å². The Balaban J connectivity index is 2.37. The number of halogens is 2. The second-order valence-corrected chi connectivity index (χ2v) is 3.51. The van der Waals surface area contributed by atoms with Gasteiger partial charge in [-0.3, -0.25) is 0 Å². The third-order valence-electron chi connectivity index (χ3n) is 2.18. The lowest BCUT2D eigenvalue weighted by Crippen LogP contribution is -1.99. The molecular weight excluding hydrogens is 242 g/mol. The van der Waals surface area contributed by atoms with Crippen LogP contribution in [0.2, 0.25) is 0 Å². The molecule has 0 aromatic heterocycles. The molecule has 2 rings (SSSR count). The Kier molecular flexibility index (Phi) is 3.23. The van der Waals surface area contributed by atoms with E-state index in [2.05, 4.69) is 0 Å². The average molecular weight is 250 g/mol. The molecule has 0 saturated heterocycles. The van der Waals surface area contributed by atoms with Gasteiger partial charge in [0.15, 0.2) is 0 Å². The van der Waals surface area contributed by atoms with E-state index in [1.54, 1.807) is 6.07 Å². The highest BCUT2D eigenvalue weighted by molar-refractivity contribution is 5.90. The monoisotopic (exact) mass is 250 g/mol. The van der Waals surface area contributed by atoms with E-state index >= 15 is 0 Å². The number of ether oxygens (including phenoxy) is 1. The van der Waals surface area contributed by atoms with Crippen molar-refractivity contribution in [2.45, 2.75) is 0 Å². The van der Waals surface area contributed by atoms with Crippen molar-refractivity contribution in [1.29, 1.82) is 0 Å². The molecule has 3 nitrogen and oxygen atoms in total. The number of hydrogen-bond acceptors (Lipinski definition) is 2. The lowest BCUT2D eigenvalue weighted by molar-refractivity contribution is 0.0694. The van der Waals surface area contributed by atoms with Gasteiger partial charge in [0.2, 0.25) is 0 Å². The third-order valence-corrected chi connectivity index (χ3v) is 2.18. The van der Waals surface area contributed by atoms with E-state index in [0.717, 1.165) is 12.1 Å². The van der Waals surface area contributed by atoms with Crippen molar-refractivity contribution in [1.82, 2.24) is 0 Å². The van der Waals surface area contributed by atoms with Crippen molar-refractivity contribution in [2.75, 3.05) is 0 Å². The summed E-state index contributed by atoms with van der Waals surface area (Å²) in [4.78, 5) is 10.9. The van der Waals surface area contributed by atoms with Gasteiger partial charge < -0.3 is 9.84 Å². The van der Waals surface area contributed by atoms with Crippen LogP contribution in [-0.2, 0) is 0 Å². The minimum Gasteiger partial charge on any atom is -0.478 e. The van der Waals surface area contributed by atoms with Crippen LogP contribution in [0.1, 0.15) is 10.4 Å². The van der Waals surface area contributed by atoms with E-state index < -0.39 is 17.6 Å². The molecule has 5 heteroatoms. The van der Waals surface area contributed by atoms with Crippen LogP contribution < -0.4 is 4.74 Å². The van der Waals surface area contributed by atoms with Crippen LogP contribution in [-0.4, -0.2) is 11.1 Å². The summed E-state index contributed by atoms with van der Waals surface area (Å²) >= 11 is 0. The lowest BCUT2D eigenvalue weighted by atomic mass is 10.2. The van der Waals surface area contributed by atoms with Gasteiger partial charge in [-0.25, -0.2) is 13.6 Å². The summed E-state index contributed by atoms with van der Waals surface area (Å²) in [7, 11) is 0. The molecule has 0 spiro atoms. The van der Waals surface area contributed by atoms with Crippen LogP contribution >= 0.6 is 0 Å². The van der Waals surface area contributed by atoms with Gasteiger partial charge in [0.1, 0.15) is 28.7 Å². The van der Waals surface area contributed by atoms with Crippen LogP contribution in [0.3, 0.4) is 0 Å². The largest absolute Gasteiger partial charge is 0.478 e.